The highest BCUT2D eigenvalue weighted by Gasteiger charge is 2.27. The molecule has 9 heteroatoms. The Labute approximate surface area is 214 Å². The van der Waals surface area contributed by atoms with Gasteiger partial charge in [0, 0.05) is 29.7 Å². The number of nitrogens with zero attached hydrogens (tertiary/aromatic N) is 3. The van der Waals surface area contributed by atoms with E-state index in [9.17, 15) is 13.6 Å². The largest absolute Gasteiger partial charge is 0.452 e. The molecule has 7 nitrogen and oxygen atoms in total. The predicted octanol–water partition coefficient (Wildman–Crippen LogP) is 6.35. The van der Waals surface area contributed by atoms with Crippen molar-refractivity contribution in [3.63, 3.8) is 0 Å². The van der Waals surface area contributed by atoms with Gasteiger partial charge in [0.2, 0.25) is 0 Å². The van der Waals surface area contributed by atoms with Crippen molar-refractivity contribution >= 4 is 38.7 Å². The Bertz CT molecular complexity index is 1930. The van der Waals surface area contributed by atoms with Gasteiger partial charge in [-0.05, 0) is 78.4 Å². The van der Waals surface area contributed by atoms with Crippen LogP contribution in [0.5, 0.6) is 5.75 Å². The third-order valence-corrected chi connectivity index (χ3v) is 7.12. The standard InChI is InChI=1S/C29H22F2N4O3/c1-34-14-18-12-17(4-10-22(18)33-34)24-25(32)27-26(21-13-16(15-2-3-15)5-11-23(21)38-27)35(28(24)36)19-6-8-20(9-7-19)37-29(30)31/h4-15,29H,2-3,32H2,1H3. The Morgan fingerprint density at radius 1 is 1.08 bits per heavy atom. The fourth-order valence-corrected chi connectivity index (χ4v) is 5.23. The average Bonchev–Trinajstić information content (AvgIpc) is 3.57. The second-order valence-corrected chi connectivity index (χ2v) is 9.69. The summed E-state index contributed by atoms with van der Waals surface area (Å²) in [6.45, 7) is -2.94. The number of hydrogen-bond acceptors (Lipinski definition) is 5. The minimum atomic E-state index is -2.94. The van der Waals surface area contributed by atoms with E-state index in [1.165, 1.54) is 17.7 Å². The Morgan fingerprint density at radius 2 is 1.87 bits per heavy atom. The molecule has 2 N–H and O–H groups in total. The van der Waals surface area contributed by atoms with Crippen molar-refractivity contribution in [2.75, 3.05) is 5.73 Å². The molecule has 3 aromatic heterocycles. The van der Waals surface area contributed by atoms with Crippen molar-refractivity contribution < 1.29 is 17.9 Å². The van der Waals surface area contributed by atoms with Crippen LogP contribution in [0.1, 0.15) is 24.3 Å². The lowest BCUT2D eigenvalue weighted by Crippen LogP contribution is -2.22. The number of aryl methyl sites for hydroxylation is 1. The van der Waals surface area contributed by atoms with E-state index in [1.807, 2.05) is 37.5 Å². The van der Waals surface area contributed by atoms with Gasteiger partial charge in [0.1, 0.15) is 16.8 Å². The van der Waals surface area contributed by atoms with Crippen molar-refractivity contribution in [2.45, 2.75) is 25.4 Å². The molecule has 1 aliphatic carbocycles. The van der Waals surface area contributed by atoms with Gasteiger partial charge < -0.3 is 14.9 Å². The van der Waals surface area contributed by atoms with Gasteiger partial charge in [-0.1, -0.05) is 12.1 Å². The summed E-state index contributed by atoms with van der Waals surface area (Å²) in [5.41, 5.74) is 11.5. The lowest BCUT2D eigenvalue weighted by molar-refractivity contribution is -0.0498. The van der Waals surface area contributed by atoms with Crippen LogP contribution in [0.3, 0.4) is 0 Å². The zero-order valence-corrected chi connectivity index (χ0v) is 20.3. The maximum atomic E-state index is 14.3. The summed E-state index contributed by atoms with van der Waals surface area (Å²) in [5.74, 6) is 0.497. The van der Waals surface area contributed by atoms with Gasteiger partial charge in [-0.2, -0.15) is 13.9 Å². The van der Waals surface area contributed by atoms with Crippen molar-refractivity contribution in [2.24, 2.45) is 7.05 Å². The highest BCUT2D eigenvalue weighted by atomic mass is 19.3. The summed E-state index contributed by atoms with van der Waals surface area (Å²) in [7, 11) is 1.83. The molecule has 38 heavy (non-hydrogen) atoms. The monoisotopic (exact) mass is 512 g/mol. The summed E-state index contributed by atoms with van der Waals surface area (Å²) < 4.78 is 39.5. The van der Waals surface area contributed by atoms with Crippen LogP contribution in [-0.4, -0.2) is 21.0 Å². The van der Waals surface area contributed by atoms with Crippen LogP contribution < -0.4 is 16.0 Å². The molecule has 1 fully saturated rings. The number of ether oxygens (including phenoxy) is 1. The Morgan fingerprint density at radius 3 is 2.61 bits per heavy atom. The molecule has 0 saturated heterocycles. The number of alkyl halides is 2. The third kappa shape index (κ3) is 3.53. The van der Waals surface area contributed by atoms with Crippen molar-refractivity contribution in [3.05, 3.63) is 82.8 Å². The van der Waals surface area contributed by atoms with Crippen molar-refractivity contribution in [1.82, 2.24) is 14.3 Å². The Kier molecular flexibility index (Phi) is 4.85. The van der Waals surface area contributed by atoms with E-state index in [4.69, 9.17) is 10.2 Å². The van der Waals surface area contributed by atoms with Gasteiger partial charge >= 0.3 is 6.61 Å². The molecule has 0 amide bonds. The second-order valence-electron chi connectivity index (χ2n) is 9.69. The lowest BCUT2D eigenvalue weighted by atomic mass is 10.0. The molecule has 0 atom stereocenters. The molecule has 1 aliphatic rings. The molecule has 0 radical (unpaired) electrons. The highest BCUT2D eigenvalue weighted by molar-refractivity contribution is 6.10. The van der Waals surface area contributed by atoms with E-state index in [1.54, 1.807) is 21.4 Å². The van der Waals surface area contributed by atoms with Gasteiger partial charge in [0.05, 0.1) is 16.8 Å². The number of fused-ring (bicyclic) bond motifs is 4. The smallest absolute Gasteiger partial charge is 0.387 e. The average molecular weight is 513 g/mol. The Hall–Kier alpha value is -4.66. The predicted molar refractivity (Wildman–Crippen MR) is 142 cm³/mol. The van der Waals surface area contributed by atoms with E-state index in [0.29, 0.717) is 33.9 Å². The summed E-state index contributed by atoms with van der Waals surface area (Å²) in [6.07, 6.45) is 4.13. The van der Waals surface area contributed by atoms with Gasteiger partial charge in [0.15, 0.2) is 5.58 Å². The van der Waals surface area contributed by atoms with Crippen LogP contribution >= 0.6 is 0 Å². The molecule has 3 aromatic carbocycles. The first-order valence-corrected chi connectivity index (χ1v) is 12.3. The number of benzene rings is 3. The fraction of sp³-hybridized carbons (Fsp3) is 0.172. The normalized spacial score (nSPS) is 13.8. The molecular weight excluding hydrogens is 490 g/mol. The van der Waals surface area contributed by atoms with E-state index >= 15 is 0 Å². The minimum absolute atomic E-state index is 0.00110. The van der Waals surface area contributed by atoms with E-state index in [0.717, 1.165) is 29.1 Å². The van der Waals surface area contributed by atoms with E-state index in [2.05, 4.69) is 22.0 Å². The number of rotatable bonds is 5. The summed E-state index contributed by atoms with van der Waals surface area (Å²) >= 11 is 0. The minimum Gasteiger partial charge on any atom is -0.452 e. The molecule has 7 rings (SSSR count). The number of aromatic nitrogens is 3. The number of halogens is 2. The molecule has 1 saturated carbocycles. The number of pyridine rings is 1. The first-order valence-electron chi connectivity index (χ1n) is 12.3. The van der Waals surface area contributed by atoms with Gasteiger partial charge in [-0.3, -0.25) is 14.0 Å². The number of nitrogen functional groups attached to an aromatic ring is 1. The molecule has 0 aliphatic heterocycles. The summed E-state index contributed by atoms with van der Waals surface area (Å²) in [5, 5.41) is 6.05. The zero-order valence-electron chi connectivity index (χ0n) is 20.3. The quantitative estimate of drug-likeness (QED) is 0.291. The van der Waals surface area contributed by atoms with Crippen molar-refractivity contribution in [1.29, 1.82) is 0 Å². The zero-order chi connectivity index (χ0) is 26.1. The van der Waals surface area contributed by atoms with Crippen LogP contribution in [0.4, 0.5) is 14.5 Å². The maximum absolute atomic E-state index is 14.3. The summed E-state index contributed by atoms with van der Waals surface area (Å²) in [4.78, 5) is 14.3. The molecule has 190 valence electrons. The van der Waals surface area contributed by atoms with E-state index < -0.39 is 6.61 Å². The van der Waals surface area contributed by atoms with Gasteiger partial charge in [-0.25, -0.2) is 0 Å². The SMILES string of the molecule is Cn1cc2cc(-c3c(N)c4oc5ccc(C6CC6)cc5c4n(-c4ccc(OC(F)F)cc4)c3=O)ccc2n1. The number of anilines is 1. The molecule has 0 unspecified atom stereocenters. The van der Waals surface area contributed by atoms with Crippen LogP contribution in [0.2, 0.25) is 0 Å². The molecule has 0 bridgehead atoms. The topological polar surface area (TPSA) is 88.2 Å². The maximum Gasteiger partial charge on any atom is 0.387 e. The van der Waals surface area contributed by atoms with Crippen LogP contribution in [0, 0.1) is 0 Å². The third-order valence-electron chi connectivity index (χ3n) is 7.12. The van der Waals surface area contributed by atoms with Gasteiger partial charge in [-0.15, -0.1) is 0 Å². The number of furan rings is 1. The van der Waals surface area contributed by atoms with Crippen LogP contribution in [0.25, 0.3) is 49.8 Å². The summed E-state index contributed by atoms with van der Waals surface area (Å²) in [6, 6.07) is 17.5. The first kappa shape index (κ1) is 22.5. The fourth-order valence-electron chi connectivity index (χ4n) is 5.23. The van der Waals surface area contributed by atoms with Crippen LogP contribution in [-0.2, 0) is 7.05 Å². The second kappa shape index (κ2) is 8.17. The van der Waals surface area contributed by atoms with E-state index in [-0.39, 0.29) is 22.6 Å². The molecule has 6 aromatic rings. The molecule has 0 spiro atoms. The number of nitrogens with two attached hydrogens (primary N) is 1. The first-order chi connectivity index (χ1) is 18.4. The van der Waals surface area contributed by atoms with Crippen LogP contribution in [0.15, 0.2) is 76.1 Å². The highest BCUT2D eigenvalue weighted by Crippen LogP contribution is 2.43. The van der Waals surface area contributed by atoms with Crippen molar-refractivity contribution in [3.8, 4) is 22.6 Å². The van der Waals surface area contributed by atoms with Gasteiger partial charge in [0.25, 0.3) is 5.56 Å². The number of hydrogen-bond donors (Lipinski definition) is 1. The molecular formula is C29H22F2N4O3. The molecule has 3 heterocycles. The lowest BCUT2D eigenvalue weighted by Gasteiger charge is -2.14. The Balaban J connectivity index is 1.54.